The van der Waals surface area contributed by atoms with Crippen molar-refractivity contribution in [1.29, 1.82) is 0 Å². The molecule has 3 aromatic rings. The number of methoxy groups -OCH3 is 1. The van der Waals surface area contributed by atoms with Crippen LogP contribution in [-0.2, 0) is 17.8 Å². The molecule has 0 saturated carbocycles. The second kappa shape index (κ2) is 7.94. The van der Waals surface area contributed by atoms with Crippen molar-refractivity contribution in [3.63, 3.8) is 0 Å². The van der Waals surface area contributed by atoms with E-state index in [-0.39, 0.29) is 12.5 Å². The molecule has 0 fully saturated rings. The van der Waals surface area contributed by atoms with Gasteiger partial charge < -0.3 is 15.4 Å². The van der Waals surface area contributed by atoms with Gasteiger partial charge in [0.25, 0.3) is 0 Å². The van der Waals surface area contributed by atoms with Crippen LogP contribution in [0.4, 0.5) is 5.82 Å². The Kier molecular flexibility index (Phi) is 5.45. The van der Waals surface area contributed by atoms with Crippen LogP contribution in [0.25, 0.3) is 10.2 Å². The number of ether oxygens (including phenoxy) is 1. The van der Waals surface area contributed by atoms with Crippen LogP contribution in [0.1, 0.15) is 17.4 Å². The smallest absolute Gasteiger partial charge is 0.239 e. The summed E-state index contributed by atoms with van der Waals surface area (Å²) in [5, 5.41) is 6.95. The monoisotopic (exact) mass is 356 g/mol. The first-order chi connectivity index (χ1) is 12.2. The number of anilines is 1. The van der Waals surface area contributed by atoms with E-state index >= 15 is 0 Å². The van der Waals surface area contributed by atoms with Gasteiger partial charge >= 0.3 is 0 Å². The van der Waals surface area contributed by atoms with Gasteiger partial charge in [0, 0.05) is 17.0 Å². The van der Waals surface area contributed by atoms with Crippen LogP contribution in [-0.4, -0.2) is 29.5 Å². The van der Waals surface area contributed by atoms with Gasteiger partial charge in [-0.1, -0.05) is 25.1 Å². The van der Waals surface area contributed by atoms with E-state index in [0.29, 0.717) is 12.4 Å². The number of aromatic nitrogens is 2. The Balaban J connectivity index is 1.60. The fourth-order valence-electron chi connectivity index (χ4n) is 2.49. The van der Waals surface area contributed by atoms with Crippen LogP contribution < -0.4 is 15.4 Å². The fourth-order valence-corrected chi connectivity index (χ4v) is 3.42. The molecule has 0 unspecified atom stereocenters. The molecule has 0 bridgehead atoms. The number of aryl methyl sites for hydroxylation is 1. The van der Waals surface area contributed by atoms with Crippen LogP contribution in [0.3, 0.4) is 0 Å². The third-order valence-electron chi connectivity index (χ3n) is 3.81. The Morgan fingerprint density at radius 2 is 2.12 bits per heavy atom. The summed E-state index contributed by atoms with van der Waals surface area (Å²) >= 11 is 1.65. The molecule has 25 heavy (non-hydrogen) atoms. The number of benzene rings is 1. The van der Waals surface area contributed by atoms with E-state index in [1.807, 2.05) is 24.3 Å². The largest absolute Gasteiger partial charge is 0.496 e. The molecule has 2 aromatic heterocycles. The number of carbonyl (C=O) groups is 1. The topological polar surface area (TPSA) is 76.1 Å². The molecule has 0 aliphatic heterocycles. The van der Waals surface area contributed by atoms with Gasteiger partial charge in [0.05, 0.1) is 19.0 Å². The minimum Gasteiger partial charge on any atom is -0.496 e. The zero-order chi connectivity index (χ0) is 17.6. The van der Waals surface area contributed by atoms with Crippen LogP contribution >= 0.6 is 11.3 Å². The minimum atomic E-state index is -0.108. The maximum absolute atomic E-state index is 12.1. The standard InChI is InChI=1S/C18H20N4O2S/c1-3-13-8-14-17(21-11-22-18(14)25-13)20-10-16(23)19-9-12-6-4-5-7-15(12)24-2/h4-8,11H,3,9-10H2,1-2H3,(H,19,23)(H,20,21,22). The van der Waals surface area contributed by atoms with E-state index in [0.717, 1.165) is 28.0 Å². The second-order valence-electron chi connectivity index (χ2n) is 5.45. The van der Waals surface area contributed by atoms with Gasteiger partial charge in [-0.15, -0.1) is 11.3 Å². The highest BCUT2D eigenvalue weighted by Gasteiger charge is 2.10. The molecule has 0 atom stereocenters. The first-order valence-electron chi connectivity index (χ1n) is 8.07. The van der Waals surface area contributed by atoms with E-state index in [4.69, 9.17) is 4.74 Å². The molecule has 0 saturated heterocycles. The highest BCUT2D eigenvalue weighted by Crippen LogP contribution is 2.28. The summed E-state index contributed by atoms with van der Waals surface area (Å²) in [5.41, 5.74) is 0.938. The van der Waals surface area contributed by atoms with Crippen molar-refractivity contribution in [3.8, 4) is 5.75 Å². The lowest BCUT2D eigenvalue weighted by Crippen LogP contribution is -2.29. The summed E-state index contributed by atoms with van der Waals surface area (Å²) in [6.45, 7) is 2.68. The number of rotatable bonds is 7. The zero-order valence-electron chi connectivity index (χ0n) is 14.2. The van der Waals surface area contributed by atoms with Crippen LogP contribution in [0.5, 0.6) is 5.75 Å². The van der Waals surface area contributed by atoms with Gasteiger partial charge in [0.1, 0.15) is 22.7 Å². The Morgan fingerprint density at radius 1 is 1.28 bits per heavy atom. The maximum atomic E-state index is 12.1. The number of hydrogen-bond acceptors (Lipinski definition) is 6. The van der Waals surface area contributed by atoms with Crippen molar-refractivity contribution in [1.82, 2.24) is 15.3 Å². The summed E-state index contributed by atoms with van der Waals surface area (Å²) in [5.74, 6) is 1.34. The highest BCUT2D eigenvalue weighted by atomic mass is 32.1. The Morgan fingerprint density at radius 3 is 2.92 bits per heavy atom. The molecule has 0 radical (unpaired) electrons. The van der Waals surface area contributed by atoms with E-state index in [9.17, 15) is 4.79 Å². The quantitative estimate of drug-likeness (QED) is 0.681. The molecule has 1 amide bonds. The Hall–Kier alpha value is -2.67. The first-order valence-corrected chi connectivity index (χ1v) is 8.88. The fraction of sp³-hybridized carbons (Fsp3) is 0.278. The number of para-hydroxylation sites is 1. The lowest BCUT2D eigenvalue weighted by Gasteiger charge is -2.10. The molecule has 2 N–H and O–H groups in total. The average molecular weight is 356 g/mol. The number of carbonyl (C=O) groups excluding carboxylic acids is 1. The van der Waals surface area contributed by atoms with Crippen LogP contribution in [0, 0.1) is 0 Å². The molecule has 1 aromatic carbocycles. The number of nitrogens with zero attached hydrogens (tertiary/aromatic N) is 2. The molecule has 130 valence electrons. The molecule has 0 aliphatic carbocycles. The van der Waals surface area contributed by atoms with Crippen LogP contribution in [0.2, 0.25) is 0 Å². The zero-order valence-corrected chi connectivity index (χ0v) is 15.0. The van der Waals surface area contributed by atoms with Gasteiger partial charge in [-0.2, -0.15) is 0 Å². The van der Waals surface area contributed by atoms with Gasteiger partial charge in [0.2, 0.25) is 5.91 Å². The molecule has 2 heterocycles. The molecule has 3 rings (SSSR count). The summed E-state index contributed by atoms with van der Waals surface area (Å²) < 4.78 is 5.29. The number of fused-ring (bicyclic) bond motifs is 1. The maximum Gasteiger partial charge on any atom is 0.239 e. The Bertz CT molecular complexity index is 878. The van der Waals surface area contributed by atoms with Gasteiger partial charge in [-0.05, 0) is 18.6 Å². The van der Waals surface area contributed by atoms with Gasteiger partial charge in [-0.3, -0.25) is 4.79 Å². The second-order valence-corrected chi connectivity index (χ2v) is 6.56. The molecule has 0 spiro atoms. The SMILES string of the molecule is CCc1cc2c(NCC(=O)NCc3ccccc3OC)ncnc2s1. The van der Waals surface area contributed by atoms with Crippen molar-refractivity contribution < 1.29 is 9.53 Å². The summed E-state index contributed by atoms with van der Waals surface area (Å²) in [6, 6.07) is 9.70. The number of thiophene rings is 1. The summed E-state index contributed by atoms with van der Waals surface area (Å²) in [6.07, 6.45) is 2.48. The molecular weight excluding hydrogens is 336 g/mol. The van der Waals surface area contributed by atoms with Crippen molar-refractivity contribution >= 4 is 33.3 Å². The molecule has 7 heteroatoms. The lowest BCUT2D eigenvalue weighted by molar-refractivity contribution is -0.119. The predicted octanol–water partition coefficient (Wildman–Crippen LogP) is 2.99. The van der Waals surface area contributed by atoms with Crippen molar-refractivity contribution in [3.05, 3.63) is 47.1 Å². The van der Waals surface area contributed by atoms with E-state index in [2.05, 4.69) is 33.6 Å². The third kappa shape index (κ3) is 4.06. The first kappa shape index (κ1) is 17.2. The van der Waals surface area contributed by atoms with Crippen molar-refractivity contribution in [2.45, 2.75) is 19.9 Å². The normalized spacial score (nSPS) is 10.6. The molecule has 0 aliphatic rings. The number of nitrogens with one attached hydrogen (secondary N) is 2. The van der Waals surface area contributed by atoms with Crippen molar-refractivity contribution in [2.24, 2.45) is 0 Å². The third-order valence-corrected chi connectivity index (χ3v) is 5.00. The van der Waals surface area contributed by atoms with E-state index in [1.165, 1.54) is 11.2 Å². The minimum absolute atomic E-state index is 0.108. The van der Waals surface area contributed by atoms with E-state index in [1.54, 1.807) is 18.4 Å². The molecular formula is C18H20N4O2S. The van der Waals surface area contributed by atoms with Gasteiger partial charge in [0.15, 0.2) is 0 Å². The van der Waals surface area contributed by atoms with Crippen LogP contribution in [0.15, 0.2) is 36.7 Å². The Labute approximate surface area is 150 Å². The average Bonchev–Trinajstić information content (AvgIpc) is 3.08. The highest BCUT2D eigenvalue weighted by molar-refractivity contribution is 7.18. The van der Waals surface area contributed by atoms with E-state index < -0.39 is 0 Å². The summed E-state index contributed by atoms with van der Waals surface area (Å²) in [4.78, 5) is 22.9. The van der Waals surface area contributed by atoms with Crippen molar-refractivity contribution in [2.75, 3.05) is 19.0 Å². The number of amides is 1. The predicted molar refractivity (Wildman–Crippen MR) is 100 cm³/mol. The lowest BCUT2D eigenvalue weighted by atomic mass is 10.2. The van der Waals surface area contributed by atoms with Gasteiger partial charge in [-0.25, -0.2) is 9.97 Å². The number of hydrogen-bond donors (Lipinski definition) is 2. The summed E-state index contributed by atoms with van der Waals surface area (Å²) in [7, 11) is 1.62. The molecule has 6 nitrogen and oxygen atoms in total.